The first-order valence-corrected chi connectivity index (χ1v) is 12.6. The van der Waals surface area contributed by atoms with Gasteiger partial charge in [0.2, 0.25) is 0 Å². The fourth-order valence-electron chi connectivity index (χ4n) is 3.02. The molecule has 0 bridgehead atoms. The van der Waals surface area contributed by atoms with E-state index in [1.54, 1.807) is 0 Å². The molecule has 6 nitrogen and oxygen atoms in total. The molecule has 0 aliphatic carbocycles. The van der Waals surface area contributed by atoms with Gasteiger partial charge in [-0.25, -0.2) is 5.43 Å². The largest absolute Gasteiger partial charge is 0.272 e. The lowest BCUT2D eigenvalue weighted by molar-refractivity contribution is -0.118. The number of carbonyl (C=O) groups excluding carboxylic acids is 1. The second-order valence-corrected chi connectivity index (χ2v) is 9.79. The van der Waals surface area contributed by atoms with Crippen LogP contribution in [0.25, 0.3) is 17.1 Å². The predicted molar refractivity (Wildman–Crippen MR) is 140 cm³/mol. The Morgan fingerprint density at radius 3 is 2.24 bits per heavy atom. The summed E-state index contributed by atoms with van der Waals surface area (Å²) in [6.45, 7) is 1.85. The molecule has 0 atom stereocenters. The molecule has 0 fully saturated rings. The van der Waals surface area contributed by atoms with E-state index >= 15 is 0 Å². The first-order valence-electron chi connectivity index (χ1n) is 10.00. The second kappa shape index (κ2) is 10.9. The van der Waals surface area contributed by atoms with Crippen LogP contribution in [0.1, 0.15) is 12.5 Å². The molecule has 33 heavy (non-hydrogen) atoms. The van der Waals surface area contributed by atoms with E-state index in [2.05, 4.69) is 52.6 Å². The topological polar surface area (TPSA) is 72.2 Å². The maximum Gasteiger partial charge on any atom is 0.250 e. The molecule has 1 aromatic heterocycles. The van der Waals surface area contributed by atoms with E-state index in [0.29, 0.717) is 11.0 Å². The van der Waals surface area contributed by atoms with Crippen molar-refractivity contribution in [1.29, 1.82) is 0 Å². The highest BCUT2D eigenvalue weighted by Crippen LogP contribution is 2.28. The number of nitrogens with zero attached hydrogens (tertiary/aromatic N) is 4. The summed E-state index contributed by atoms with van der Waals surface area (Å²) in [4.78, 5) is 12.5. The van der Waals surface area contributed by atoms with E-state index in [1.807, 2.05) is 90.4 Å². The van der Waals surface area contributed by atoms with Gasteiger partial charge < -0.3 is 0 Å². The zero-order chi connectivity index (χ0) is 23.2. The average Bonchev–Trinajstić information content (AvgIpc) is 3.26. The summed E-state index contributed by atoms with van der Waals surface area (Å²) >= 11 is 8.19. The zero-order valence-electron chi connectivity index (χ0n) is 17.6. The Kier molecular flexibility index (Phi) is 7.74. The van der Waals surface area contributed by atoms with Crippen molar-refractivity contribution in [2.24, 2.45) is 5.10 Å². The third-order valence-corrected chi connectivity index (χ3v) is 6.68. The van der Waals surface area contributed by atoms with Gasteiger partial charge in [0.05, 0.1) is 11.5 Å². The third kappa shape index (κ3) is 5.98. The number of amides is 1. The van der Waals surface area contributed by atoms with E-state index in [0.717, 1.165) is 31.5 Å². The van der Waals surface area contributed by atoms with Crippen LogP contribution in [0, 0.1) is 0 Å². The number of halogens is 2. The van der Waals surface area contributed by atoms with Gasteiger partial charge in [-0.05, 0) is 48.9 Å². The van der Waals surface area contributed by atoms with E-state index < -0.39 is 0 Å². The van der Waals surface area contributed by atoms with Gasteiger partial charge >= 0.3 is 0 Å². The van der Waals surface area contributed by atoms with Crippen molar-refractivity contribution < 1.29 is 4.79 Å². The molecule has 1 amide bonds. The summed E-state index contributed by atoms with van der Waals surface area (Å²) in [5.74, 6) is 0.646. The molecule has 0 spiro atoms. The standard InChI is InChI=1S/C24H19Br2N5OS/c1-16(17-7-11-19(25)12-8-17)27-28-22(32)15-33-24-30-29-23(18-9-13-20(26)14-10-18)31(24)21-5-3-2-4-6-21/h2-14H,15H2,1H3,(H,28,32). The highest BCUT2D eigenvalue weighted by Gasteiger charge is 2.17. The van der Waals surface area contributed by atoms with Crippen molar-refractivity contribution in [3.63, 3.8) is 0 Å². The number of nitrogens with one attached hydrogen (secondary N) is 1. The highest BCUT2D eigenvalue weighted by atomic mass is 79.9. The maximum absolute atomic E-state index is 12.5. The number of para-hydroxylation sites is 1. The van der Waals surface area contributed by atoms with E-state index in [1.165, 1.54) is 11.8 Å². The van der Waals surface area contributed by atoms with Crippen molar-refractivity contribution in [2.45, 2.75) is 12.1 Å². The molecular weight excluding hydrogens is 566 g/mol. The van der Waals surface area contributed by atoms with Crippen LogP contribution >= 0.6 is 43.6 Å². The number of hydrogen-bond acceptors (Lipinski definition) is 5. The molecule has 166 valence electrons. The lowest BCUT2D eigenvalue weighted by atomic mass is 10.1. The van der Waals surface area contributed by atoms with Crippen LogP contribution in [0.2, 0.25) is 0 Å². The maximum atomic E-state index is 12.5. The summed E-state index contributed by atoms with van der Waals surface area (Å²) < 4.78 is 3.93. The molecule has 9 heteroatoms. The van der Waals surface area contributed by atoms with Crippen LogP contribution < -0.4 is 5.43 Å². The Morgan fingerprint density at radius 1 is 0.939 bits per heavy atom. The van der Waals surface area contributed by atoms with Gasteiger partial charge in [-0.3, -0.25) is 9.36 Å². The molecule has 0 radical (unpaired) electrons. The first kappa shape index (κ1) is 23.4. The van der Waals surface area contributed by atoms with Gasteiger partial charge in [0.25, 0.3) is 5.91 Å². The molecule has 0 saturated heterocycles. The van der Waals surface area contributed by atoms with Gasteiger partial charge in [0.1, 0.15) is 0 Å². The normalized spacial score (nSPS) is 11.4. The third-order valence-electron chi connectivity index (χ3n) is 4.69. The molecule has 1 heterocycles. The van der Waals surface area contributed by atoms with Crippen LogP contribution in [-0.4, -0.2) is 32.1 Å². The monoisotopic (exact) mass is 583 g/mol. The van der Waals surface area contributed by atoms with Crippen molar-refractivity contribution in [1.82, 2.24) is 20.2 Å². The fraction of sp³-hybridized carbons (Fsp3) is 0.0833. The van der Waals surface area contributed by atoms with Gasteiger partial charge in [-0.1, -0.05) is 86.1 Å². The molecular formula is C24H19Br2N5OS. The van der Waals surface area contributed by atoms with Gasteiger partial charge in [-0.2, -0.15) is 5.10 Å². The molecule has 0 saturated carbocycles. The van der Waals surface area contributed by atoms with E-state index in [4.69, 9.17) is 0 Å². The molecule has 3 aromatic carbocycles. The Balaban J connectivity index is 1.51. The SMILES string of the molecule is CC(=NNC(=O)CSc1nnc(-c2ccc(Br)cc2)n1-c1ccccc1)c1ccc(Br)cc1. The Labute approximate surface area is 212 Å². The number of benzene rings is 3. The van der Waals surface area contributed by atoms with Gasteiger partial charge in [0.15, 0.2) is 11.0 Å². The number of thioether (sulfide) groups is 1. The Bertz CT molecular complexity index is 1270. The predicted octanol–water partition coefficient (Wildman–Crippen LogP) is 6.09. The van der Waals surface area contributed by atoms with Crippen LogP contribution in [0.3, 0.4) is 0 Å². The van der Waals surface area contributed by atoms with Crippen molar-refractivity contribution in [2.75, 3.05) is 5.75 Å². The number of rotatable bonds is 7. The minimum atomic E-state index is -0.218. The number of carbonyl (C=O) groups is 1. The summed E-state index contributed by atoms with van der Waals surface area (Å²) in [6, 6.07) is 25.5. The molecule has 0 aliphatic rings. The van der Waals surface area contributed by atoms with Crippen LogP contribution in [0.4, 0.5) is 0 Å². The lowest BCUT2D eigenvalue weighted by Gasteiger charge is -2.10. The average molecular weight is 585 g/mol. The van der Waals surface area contributed by atoms with Gasteiger partial charge in [0, 0.05) is 20.2 Å². The second-order valence-electron chi connectivity index (χ2n) is 7.01. The van der Waals surface area contributed by atoms with E-state index in [-0.39, 0.29) is 11.7 Å². The Morgan fingerprint density at radius 2 is 1.58 bits per heavy atom. The molecule has 0 unspecified atom stereocenters. The fourth-order valence-corrected chi connectivity index (χ4v) is 4.30. The van der Waals surface area contributed by atoms with Crippen molar-refractivity contribution in [3.8, 4) is 17.1 Å². The zero-order valence-corrected chi connectivity index (χ0v) is 21.6. The molecule has 4 rings (SSSR count). The molecule has 0 aliphatic heterocycles. The lowest BCUT2D eigenvalue weighted by Crippen LogP contribution is -2.21. The minimum absolute atomic E-state index is 0.155. The van der Waals surface area contributed by atoms with Crippen LogP contribution in [0.15, 0.2) is 98.1 Å². The molecule has 1 N–H and O–H groups in total. The number of hydrazone groups is 1. The quantitative estimate of drug-likeness (QED) is 0.162. The van der Waals surface area contributed by atoms with E-state index in [9.17, 15) is 4.79 Å². The summed E-state index contributed by atoms with van der Waals surface area (Å²) in [5.41, 5.74) is 6.14. The summed E-state index contributed by atoms with van der Waals surface area (Å²) in [7, 11) is 0. The molecule has 4 aromatic rings. The van der Waals surface area contributed by atoms with Crippen molar-refractivity contribution >= 4 is 55.2 Å². The summed E-state index contributed by atoms with van der Waals surface area (Å²) in [6.07, 6.45) is 0. The highest BCUT2D eigenvalue weighted by molar-refractivity contribution is 9.10. The Hall–Kier alpha value is -2.75. The smallest absolute Gasteiger partial charge is 0.250 e. The van der Waals surface area contributed by atoms with Crippen molar-refractivity contribution in [3.05, 3.63) is 93.4 Å². The minimum Gasteiger partial charge on any atom is -0.272 e. The van der Waals surface area contributed by atoms with Crippen LogP contribution in [-0.2, 0) is 4.79 Å². The summed E-state index contributed by atoms with van der Waals surface area (Å²) in [5, 5.41) is 13.6. The number of hydrogen-bond donors (Lipinski definition) is 1. The first-order chi connectivity index (χ1) is 16.0. The number of aromatic nitrogens is 3. The van der Waals surface area contributed by atoms with Gasteiger partial charge in [-0.15, -0.1) is 10.2 Å². The van der Waals surface area contributed by atoms with Crippen LogP contribution in [0.5, 0.6) is 0 Å².